The van der Waals surface area contributed by atoms with Gasteiger partial charge in [0, 0.05) is 87.1 Å². The largest absolute Gasteiger partial charge is 0.378 e. The molecule has 2 N–H and O–H groups in total. The number of carbonyl (C=O) groups excluding carboxylic acids is 2. The Morgan fingerprint density at radius 3 is 1.60 bits per heavy atom. The molecule has 11 rings (SSSR count). The van der Waals surface area contributed by atoms with E-state index in [4.69, 9.17) is 4.74 Å². The second-order valence-electron chi connectivity index (χ2n) is 15.3. The van der Waals surface area contributed by atoms with Crippen molar-refractivity contribution in [1.29, 1.82) is 0 Å². The number of anilines is 1. The Labute approximate surface area is 333 Å². The highest BCUT2D eigenvalue weighted by atomic mass is 32.2. The first-order valence-corrected chi connectivity index (χ1v) is 21.4. The maximum Gasteiger partial charge on any atom is 0.251 e. The minimum atomic E-state index is 0.0434. The fraction of sp³-hybridized carbons (Fsp3) is 0.442. The van der Waals surface area contributed by atoms with Crippen LogP contribution < -0.4 is 15.5 Å². The highest BCUT2D eigenvalue weighted by molar-refractivity contribution is 7.99. The Morgan fingerprint density at radius 1 is 0.636 bits per heavy atom. The molecular formula is C43H51N7O3S2. The molecule has 2 aromatic heterocycles. The van der Waals surface area contributed by atoms with Crippen LogP contribution in [0, 0.1) is 18.8 Å². The van der Waals surface area contributed by atoms with Crippen molar-refractivity contribution in [3.63, 3.8) is 0 Å². The van der Waals surface area contributed by atoms with Gasteiger partial charge in [0.1, 0.15) is 5.82 Å². The molecule has 7 saturated heterocycles. The average Bonchev–Trinajstić information content (AvgIpc) is 3.23. The first-order valence-electron chi connectivity index (χ1n) is 19.8. The second kappa shape index (κ2) is 17.9. The average molecular weight is 778 g/mol. The van der Waals surface area contributed by atoms with Crippen LogP contribution in [0.25, 0.3) is 0 Å². The minimum absolute atomic E-state index is 0.0434. The van der Waals surface area contributed by atoms with Gasteiger partial charge in [0.25, 0.3) is 11.8 Å². The van der Waals surface area contributed by atoms with E-state index in [2.05, 4.69) is 53.5 Å². The van der Waals surface area contributed by atoms with Gasteiger partial charge < -0.3 is 30.1 Å². The predicted octanol–water partition coefficient (Wildman–Crippen LogP) is 6.26. The predicted molar refractivity (Wildman–Crippen MR) is 218 cm³/mol. The number of hydrogen-bond donors (Lipinski definition) is 2. The maximum atomic E-state index is 12.7. The SMILES string of the molecule is Cc1cc(Sc2ccc(C(=O)N[C@H]3CN4CCC3CC4)cc2)ccn1.O=C(N[C@H]1CN2CCC1CC2)c1ccc(Sc2ccc(N3CCOCC3)nc2)cc1. The van der Waals surface area contributed by atoms with Crippen LogP contribution in [-0.2, 0) is 4.74 Å². The summed E-state index contributed by atoms with van der Waals surface area (Å²) in [7, 11) is 0. The molecule has 0 unspecified atom stereocenters. The van der Waals surface area contributed by atoms with Crippen LogP contribution in [-0.4, -0.2) is 109 Å². The topological polar surface area (TPSA) is 103 Å². The molecule has 2 atom stereocenters. The Bertz CT molecular complexity index is 1890. The summed E-state index contributed by atoms with van der Waals surface area (Å²) in [5.41, 5.74) is 2.49. The third-order valence-corrected chi connectivity index (χ3v) is 13.6. The smallest absolute Gasteiger partial charge is 0.251 e. The standard InChI is InChI=1S/C23H28N4O2S.C20H23N3OS/c28-23(25-21-16-26-9-7-17(21)8-10-26)18-1-3-19(4-2-18)30-20-5-6-22(24-15-20)27-11-13-29-14-12-27;1-14-12-18(6-9-21-14)25-17-4-2-16(3-5-17)20(24)22-19-13-23-10-7-15(19)8-11-23/h1-6,15,17,21H,7-14,16H2,(H,25,28);2-6,9,12,15,19H,7-8,10-11,13H2,1H3,(H,22,24)/t21-;19-/m00/s1. The first-order chi connectivity index (χ1) is 26.9. The van der Waals surface area contributed by atoms with Gasteiger partial charge in [-0.2, -0.15) is 0 Å². The molecule has 7 aliphatic rings. The zero-order chi connectivity index (χ0) is 37.6. The Hall–Kier alpha value is -3.94. The summed E-state index contributed by atoms with van der Waals surface area (Å²) in [6.45, 7) is 12.1. The lowest BCUT2D eigenvalue weighted by atomic mass is 9.84. The van der Waals surface area contributed by atoms with E-state index < -0.39 is 0 Å². The van der Waals surface area contributed by atoms with E-state index in [0.29, 0.717) is 23.9 Å². The molecule has 7 aliphatic heterocycles. The molecule has 0 spiro atoms. The number of carbonyl (C=O) groups is 2. The molecule has 10 nitrogen and oxygen atoms in total. The van der Waals surface area contributed by atoms with Gasteiger partial charge in [0.2, 0.25) is 0 Å². The van der Waals surface area contributed by atoms with Gasteiger partial charge in [-0.05, 0) is 143 Å². The quantitative estimate of drug-likeness (QED) is 0.203. The van der Waals surface area contributed by atoms with Crippen molar-refractivity contribution >= 4 is 41.2 Å². The van der Waals surface area contributed by atoms with E-state index in [1.54, 1.807) is 23.5 Å². The number of nitrogens with zero attached hydrogens (tertiary/aromatic N) is 5. The van der Waals surface area contributed by atoms with Gasteiger partial charge in [0.05, 0.1) is 13.2 Å². The summed E-state index contributed by atoms with van der Waals surface area (Å²) in [5.74, 6) is 2.39. The molecule has 12 heteroatoms. The molecule has 4 bridgehead atoms. The molecule has 2 amide bonds. The van der Waals surface area contributed by atoms with Crippen molar-refractivity contribution < 1.29 is 14.3 Å². The number of aromatic nitrogens is 2. The van der Waals surface area contributed by atoms with Gasteiger partial charge in [-0.3, -0.25) is 14.6 Å². The Balaban J connectivity index is 0.000000158. The van der Waals surface area contributed by atoms with Gasteiger partial charge in [0.15, 0.2) is 0 Å². The molecule has 9 heterocycles. The summed E-state index contributed by atoms with van der Waals surface area (Å²) >= 11 is 3.35. The van der Waals surface area contributed by atoms with Gasteiger partial charge >= 0.3 is 0 Å². The molecule has 288 valence electrons. The number of piperidine rings is 6. The Kier molecular flexibility index (Phi) is 12.3. The molecule has 4 aromatic rings. The number of hydrogen-bond acceptors (Lipinski definition) is 10. The highest BCUT2D eigenvalue weighted by Gasteiger charge is 2.36. The fourth-order valence-corrected chi connectivity index (χ4v) is 10.1. The van der Waals surface area contributed by atoms with Crippen molar-refractivity contribution in [2.75, 3.05) is 70.5 Å². The van der Waals surface area contributed by atoms with Crippen LogP contribution in [0.3, 0.4) is 0 Å². The van der Waals surface area contributed by atoms with Crippen LogP contribution in [0.15, 0.2) is 105 Å². The Morgan fingerprint density at radius 2 is 1.15 bits per heavy atom. The number of morpholine rings is 1. The van der Waals surface area contributed by atoms with Gasteiger partial charge in [-0.25, -0.2) is 4.98 Å². The lowest BCUT2D eigenvalue weighted by Gasteiger charge is -2.44. The molecule has 7 fully saturated rings. The van der Waals surface area contributed by atoms with Crippen LogP contribution in [0.1, 0.15) is 52.1 Å². The summed E-state index contributed by atoms with van der Waals surface area (Å²) < 4.78 is 5.40. The van der Waals surface area contributed by atoms with Gasteiger partial charge in [-0.1, -0.05) is 23.5 Å². The van der Waals surface area contributed by atoms with E-state index in [-0.39, 0.29) is 11.8 Å². The maximum absolute atomic E-state index is 12.7. The number of amides is 2. The molecule has 0 saturated carbocycles. The van der Waals surface area contributed by atoms with Gasteiger partial charge in [-0.15, -0.1) is 0 Å². The fourth-order valence-electron chi connectivity index (χ4n) is 8.38. The molecule has 0 aliphatic carbocycles. The molecular weight excluding hydrogens is 727 g/mol. The molecule has 2 aromatic carbocycles. The number of nitrogens with one attached hydrogen (secondary N) is 2. The third kappa shape index (κ3) is 9.90. The number of ether oxygens (including phenoxy) is 1. The number of fused-ring (bicyclic) bond motifs is 6. The van der Waals surface area contributed by atoms with E-state index in [1.807, 2.05) is 73.9 Å². The van der Waals surface area contributed by atoms with Crippen LogP contribution >= 0.6 is 23.5 Å². The monoisotopic (exact) mass is 777 g/mol. The van der Waals surface area contributed by atoms with Crippen molar-refractivity contribution in [1.82, 2.24) is 30.4 Å². The van der Waals surface area contributed by atoms with Crippen molar-refractivity contribution in [2.45, 2.75) is 64.3 Å². The summed E-state index contributed by atoms with van der Waals surface area (Å²) in [5, 5.41) is 6.51. The summed E-state index contributed by atoms with van der Waals surface area (Å²) in [6, 6.07) is 24.6. The zero-order valence-electron chi connectivity index (χ0n) is 31.6. The molecule has 0 radical (unpaired) electrons. The van der Waals surface area contributed by atoms with Crippen molar-refractivity contribution in [3.05, 3.63) is 102 Å². The molecule has 55 heavy (non-hydrogen) atoms. The number of pyridine rings is 2. The summed E-state index contributed by atoms with van der Waals surface area (Å²) in [4.78, 5) is 45.7. The van der Waals surface area contributed by atoms with Crippen LogP contribution in [0.2, 0.25) is 0 Å². The van der Waals surface area contributed by atoms with E-state index >= 15 is 0 Å². The minimum Gasteiger partial charge on any atom is -0.378 e. The van der Waals surface area contributed by atoms with Crippen LogP contribution in [0.4, 0.5) is 5.82 Å². The number of rotatable bonds is 9. The number of benzene rings is 2. The van der Waals surface area contributed by atoms with E-state index in [9.17, 15) is 9.59 Å². The third-order valence-electron chi connectivity index (χ3n) is 11.6. The lowest BCUT2D eigenvalue weighted by molar-refractivity contribution is 0.0617. The van der Waals surface area contributed by atoms with E-state index in [0.717, 1.165) is 81.6 Å². The normalized spacial score (nSPS) is 25.4. The second-order valence-corrected chi connectivity index (χ2v) is 17.6. The summed E-state index contributed by atoms with van der Waals surface area (Å²) in [6.07, 6.45) is 8.59. The van der Waals surface area contributed by atoms with E-state index in [1.165, 1.54) is 51.9 Å². The lowest BCUT2D eigenvalue weighted by Crippen LogP contribution is -2.57. The highest BCUT2D eigenvalue weighted by Crippen LogP contribution is 2.31. The van der Waals surface area contributed by atoms with Crippen LogP contribution in [0.5, 0.6) is 0 Å². The first kappa shape index (κ1) is 38.0. The number of aryl methyl sites for hydroxylation is 1. The van der Waals surface area contributed by atoms with Crippen molar-refractivity contribution in [3.8, 4) is 0 Å². The zero-order valence-corrected chi connectivity index (χ0v) is 33.2. The van der Waals surface area contributed by atoms with Crippen molar-refractivity contribution in [2.24, 2.45) is 11.8 Å².